The molecule has 1 aliphatic heterocycles. The molecule has 1 N–H and O–H groups in total. The van der Waals surface area contributed by atoms with Crippen LogP contribution >= 0.6 is 0 Å². The smallest absolute Gasteiger partial charge is 0.222 e. The van der Waals surface area contributed by atoms with Crippen LogP contribution in [0.5, 0.6) is 0 Å². The molecule has 0 radical (unpaired) electrons. The number of nitrogens with zero attached hydrogens (tertiary/aromatic N) is 1. The Morgan fingerprint density at radius 1 is 1.32 bits per heavy atom. The number of amides is 1. The first-order valence-electron chi connectivity index (χ1n) is 8.32. The number of benzene rings is 1. The Labute approximate surface area is 132 Å². The average Bonchev–Trinajstić information content (AvgIpc) is 2.83. The van der Waals surface area contributed by atoms with Crippen molar-refractivity contribution in [1.29, 1.82) is 0 Å². The van der Waals surface area contributed by atoms with Crippen molar-refractivity contribution in [3.05, 3.63) is 35.0 Å². The highest BCUT2D eigenvalue weighted by atomic mass is 16.2. The number of rotatable bonds is 2. The van der Waals surface area contributed by atoms with Crippen LogP contribution in [-0.2, 0) is 23.2 Å². The predicted octanol–water partition coefficient (Wildman–Crippen LogP) is 4.15. The lowest BCUT2D eigenvalue weighted by Crippen LogP contribution is -2.35. The fourth-order valence-electron chi connectivity index (χ4n) is 3.27. The third kappa shape index (κ3) is 2.65. The maximum Gasteiger partial charge on any atom is 0.222 e. The van der Waals surface area contributed by atoms with Gasteiger partial charge >= 0.3 is 0 Å². The van der Waals surface area contributed by atoms with Gasteiger partial charge in [-0.05, 0) is 29.5 Å². The summed E-state index contributed by atoms with van der Waals surface area (Å²) < 4.78 is 0. The zero-order chi connectivity index (χ0) is 15.9. The molecule has 1 amide bonds. The monoisotopic (exact) mass is 298 g/mol. The van der Waals surface area contributed by atoms with Crippen LogP contribution in [-0.4, -0.2) is 22.3 Å². The molecule has 0 bridgehead atoms. The van der Waals surface area contributed by atoms with Gasteiger partial charge in [-0.3, -0.25) is 4.79 Å². The van der Waals surface area contributed by atoms with Crippen LogP contribution < -0.4 is 0 Å². The van der Waals surface area contributed by atoms with Crippen LogP contribution in [0.15, 0.2) is 18.2 Å². The lowest BCUT2D eigenvalue weighted by Gasteiger charge is -2.27. The summed E-state index contributed by atoms with van der Waals surface area (Å²) in [6.45, 7) is 10.4. The molecule has 3 nitrogen and oxygen atoms in total. The van der Waals surface area contributed by atoms with E-state index in [0.717, 1.165) is 25.9 Å². The van der Waals surface area contributed by atoms with Gasteiger partial charge in [-0.1, -0.05) is 33.8 Å². The molecular formula is C19H26N2O. The molecule has 118 valence electrons. The molecule has 1 aromatic carbocycles. The second-order valence-electron chi connectivity index (χ2n) is 7.41. The average molecular weight is 298 g/mol. The summed E-state index contributed by atoms with van der Waals surface area (Å²) >= 11 is 0. The minimum atomic E-state index is 0.144. The molecule has 0 fully saturated rings. The molecule has 0 atom stereocenters. The maximum atomic E-state index is 12.2. The number of nitrogens with one attached hydrogen (secondary N) is 1. The summed E-state index contributed by atoms with van der Waals surface area (Å²) in [5.74, 6) is 0.287. The highest BCUT2D eigenvalue weighted by Crippen LogP contribution is 2.32. The standard InChI is InChI=1S/C19H26N2O/c1-5-6-18(22)21-10-9-17-15(12-21)14-11-13(19(2,3)4)7-8-16(14)20-17/h7-8,11,20H,5-6,9-10,12H2,1-4H3. The van der Waals surface area contributed by atoms with Crippen LogP contribution in [0.3, 0.4) is 0 Å². The van der Waals surface area contributed by atoms with Gasteiger partial charge in [0.1, 0.15) is 0 Å². The van der Waals surface area contributed by atoms with Crippen molar-refractivity contribution in [2.75, 3.05) is 6.54 Å². The molecule has 0 aliphatic carbocycles. The molecular weight excluding hydrogens is 272 g/mol. The first-order valence-corrected chi connectivity index (χ1v) is 8.32. The molecule has 2 heterocycles. The Balaban J connectivity index is 1.99. The van der Waals surface area contributed by atoms with Crippen molar-refractivity contribution in [2.24, 2.45) is 0 Å². The van der Waals surface area contributed by atoms with Gasteiger partial charge in [0.05, 0.1) is 0 Å². The molecule has 3 heteroatoms. The van der Waals surface area contributed by atoms with Crippen molar-refractivity contribution < 1.29 is 4.79 Å². The van der Waals surface area contributed by atoms with Crippen LogP contribution in [0, 0.1) is 0 Å². The van der Waals surface area contributed by atoms with Crippen LogP contribution in [0.25, 0.3) is 10.9 Å². The lowest BCUT2D eigenvalue weighted by molar-refractivity contribution is -0.132. The summed E-state index contributed by atoms with van der Waals surface area (Å²) in [6, 6.07) is 6.70. The molecule has 2 aromatic rings. The van der Waals surface area contributed by atoms with Crippen molar-refractivity contribution in [1.82, 2.24) is 9.88 Å². The number of H-pyrrole nitrogens is 1. The van der Waals surface area contributed by atoms with E-state index in [1.165, 1.54) is 27.7 Å². The minimum absolute atomic E-state index is 0.144. The molecule has 22 heavy (non-hydrogen) atoms. The zero-order valence-electron chi connectivity index (χ0n) is 14.1. The Morgan fingerprint density at radius 3 is 2.77 bits per heavy atom. The summed E-state index contributed by atoms with van der Waals surface area (Å²) in [7, 11) is 0. The molecule has 3 rings (SSSR count). The van der Waals surface area contributed by atoms with E-state index in [9.17, 15) is 4.79 Å². The van der Waals surface area contributed by atoms with E-state index in [-0.39, 0.29) is 11.3 Å². The third-order valence-electron chi connectivity index (χ3n) is 4.66. The minimum Gasteiger partial charge on any atom is -0.358 e. The summed E-state index contributed by atoms with van der Waals surface area (Å²) in [4.78, 5) is 17.8. The summed E-state index contributed by atoms with van der Waals surface area (Å²) in [5, 5.41) is 1.29. The maximum absolute atomic E-state index is 12.2. The number of carbonyl (C=O) groups excluding carboxylic acids is 1. The number of fused-ring (bicyclic) bond motifs is 3. The number of aromatic amines is 1. The largest absolute Gasteiger partial charge is 0.358 e. The van der Waals surface area contributed by atoms with Crippen molar-refractivity contribution in [2.45, 2.75) is 58.9 Å². The van der Waals surface area contributed by atoms with Gasteiger partial charge in [0, 0.05) is 48.1 Å². The molecule has 0 saturated heterocycles. The molecule has 1 aromatic heterocycles. The Kier molecular flexibility index (Phi) is 3.75. The first kappa shape index (κ1) is 15.1. The van der Waals surface area contributed by atoms with Gasteiger partial charge in [0.2, 0.25) is 5.91 Å². The second kappa shape index (κ2) is 5.45. The fraction of sp³-hybridized carbons (Fsp3) is 0.526. The normalized spacial score (nSPS) is 15.2. The summed E-state index contributed by atoms with van der Waals surface area (Å²) in [5.41, 5.74) is 5.31. The molecule has 0 unspecified atom stereocenters. The number of hydrogen-bond donors (Lipinski definition) is 1. The van der Waals surface area contributed by atoms with Crippen LogP contribution in [0.1, 0.15) is 57.4 Å². The van der Waals surface area contributed by atoms with Crippen molar-refractivity contribution >= 4 is 16.8 Å². The quantitative estimate of drug-likeness (QED) is 0.888. The second-order valence-corrected chi connectivity index (χ2v) is 7.41. The predicted molar refractivity (Wildman–Crippen MR) is 91.0 cm³/mol. The van der Waals surface area contributed by atoms with E-state index in [2.05, 4.69) is 50.9 Å². The summed E-state index contributed by atoms with van der Waals surface area (Å²) in [6.07, 6.45) is 2.51. The van der Waals surface area contributed by atoms with Gasteiger partial charge in [-0.15, -0.1) is 0 Å². The van der Waals surface area contributed by atoms with Crippen LogP contribution in [0.4, 0.5) is 0 Å². The van der Waals surface area contributed by atoms with E-state index >= 15 is 0 Å². The molecule has 0 saturated carbocycles. The topological polar surface area (TPSA) is 36.1 Å². The van der Waals surface area contributed by atoms with E-state index in [1.807, 2.05) is 4.90 Å². The van der Waals surface area contributed by atoms with Gasteiger partial charge in [0.15, 0.2) is 0 Å². The van der Waals surface area contributed by atoms with Crippen LogP contribution in [0.2, 0.25) is 0 Å². The SMILES string of the molecule is CCCC(=O)N1CCc2[nH]c3ccc(C(C)(C)C)cc3c2C1. The highest BCUT2D eigenvalue weighted by molar-refractivity contribution is 5.87. The Bertz CT molecular complexity index is 706. The van der Waals surface area contributed by atoms with E-state index in [4.69, 9.17) is 0 Å². The van der Waals surface area contributed by atoms with E-state index in [1.54, 1.807) is 0 Å². The van der Waals surface area contributed by atoms with Crippen molar-refractivity contribution in [3.8, 4) is 0 Å². The van der Waals surface area contributed by atoms with Crippen molar-refractivity contribution in [3.63, 3.8) is 0 Å². The Hall–Kier alpha value is -1.77. The van der Waals surface area contributed by atoms with Gasteiger partial charge in [-0.2, -0.15) is 0 Å². The number of carbonyl (C=O) groups is 1. The van der Waals surface area contributed by atoms with Gasteiger partial charge in [0.25, 0.3) is 0 Å². The molecule has 0 spiro atoms. The first-order chi connectivity index (χ1) is 10.4. The third-order valence-corrected chi connectivity index (χ3v) is 4.66. The Morgan fingerprint density at radius 2 is 2.09 bits per heavy atom. The fourth-order valence-corrected chi connectivity index (χ4v) is 3.27. The van der Waals surface area contributed by atoms with Gasteiger partial charge < -0.3 is 9.88 Å². The number of hydrogen-bond acceptors (Lipinski definition) is 1. The number of aromatic nitrogens is 1. The van der Waals surface area contributed by atoms with Gasteiger partial charge in [-0.25, -0.2) is 0 Å². The van der Waals surface area contributed by atoms with E-state index < -0.39 is 0 Å². The van der Waals surface area contributed by atoms with E-state index in [0.29, 0.717) is 6.42 Å². The highest BCUT2D eigenvalue weighted by Gasteiger charge is 2.24. The lowest BCUT2D eigenvalue weighted by atomic mass is 9.86. The molecule has 1 aliphatic rings. The zero-order valence-corrected chi connectivity index (χ0v) is 14.1.